The maximum absolute atomic E-state index is 4.51. The second-order valence-corrected chi connectivity index (χ2v) is 4.74. The molecule has 112 valence electrons. The van der Waals surface area contributed by atoms with Gasteiger partial charge in [0, 0.05) is 44.1 Å². The third-order valence-electron chi connectivity index (χ3n) is 3.23. The number of halogens is 1. The van der Waals surface area contributed by atoms with Crippen LogP contribution < -0.4 is 5.32 Å². The Bertz CT molecular complexity index is 517. The first-order valence-electron chi connectivity index (χ1n) is 6.99. The van der Waals surface area contributed by atoms with E-state index in [-0.39, 0.29) is 12.4 Å². The summed E-state index contributed by atoms with van der Waals surface area (Å²) in [4.78, 5) is 0. The molecule has 0 saturated carbocycles. The molecular formula is C14H24ClN5. The topological polar surface area (TPSA) is 47.7 Å². The van der Waals surface area contributed by atoms with E-state index >= 15 is 0 Å². The van der Waals surface area contributed by atoms with Crippen molar-refractivity contribution in [2.24, 2.45) is 0 Å². The van der Waals surface area contributed by atoms with Gasteiger partial charge in [0.05, 0.1) is 11.4 Å². The molecule has 2 heterocycles. The minimum Gasteiger partial charge on any atom is -0.307 e. The predicted molar refractivity (Wildman–Crippen MR) is 82.9 cm³/mol. The SMILES string of the molecule is CCCn1cc(CNCc2ccnn2CC)c(C)n1.Cl. The van der Waals surface area contributed by atoms with E-state index in [9.17, 15) is 0 Å². The lowest BCUT2D eigenvalue weighted by atomic mass is 10.2. The summed E-state index contributed by atoms with van der Waals surface area (Å²) in [6.07, 6.45) is 5.11. The molecule has 0 fully saturated rings. The molecule has 2 aromatic heterocycles. The van der Waals surface area contributed by atoms with E-state index < -0.39 is 0 Å². The first kappa shape index (κ1) is 16.7. The molecule has 0 aliphatic rings. The van der Waals surface area contributed by atoms with Crippen molar-refractivity contribution >= 4 is 12.4 Å². The van der Waals surface area contributed by atoms with Gasteiger partial charge in [-0.25, -0.2) is 0 Å². The average molecular weight is 298 g/mol. The zero-order chi connectivity index (χ0) is 13.7. The van der Waals surface area contributed by atoms with Crippen molar-refractivity contribution in [3.05, 3.63) is 35.4 Å². The lowest BCUT2D eigenvalue weighted by Gasteiger charge is -2.06. The Morgan fingerprint density at radius 2 is 2.05 bits per heavy atom. The summed E-state index contributed by atoms with van der Waals surface area (Å²) in [6, 6.07) is 2.06. The molecule has 0 aliphatic carbocycles. The molecule has 0 amide bonds. The molecule has 6 heteroatoms. The van der Waals surface area contributed by atoms with Crippen LogP contribution in [-0.2, 0) is 26.2 Å². The Balaban J connectivity index is 0.00000200. The number of aromatic nitrogens is 4. The number of nitrogens with zero attached hydrogens (tertiary/aromatic N) is 4. The molecule has 20 heavy (non-hydrogen) atoms. The molecule has 0 bridgehead atoms. The Morgan fingerprint density at radius 3 is 2.75 bits per heavy atom. The Morgan fingerprint density at radius 1 is 1.25 bits per heavy atom. The summed E-state index contributed by atoms with van der Waals surface area (Å²) in [6.45, 7) is 9.94. The van der Waals surface area contributed by atoms with Gasteiger partial charge in [-0.1, -0.05) is 6.92 Å². The minimum atomic E-state index is 0. The highest BCUT2D eigenvalue weighted by Crippen LogP contribution is 2.06. The lowest BCUT2D eigenvalue weighted by Crippen LogP contribution is -2.16. The number of hydrogen-bond acceptors (Lipinski definition) is 3. The van der Waals surface area contributed by atoms with Crippen LogP contribution in [-0.4, -0.2) is 19.6 Å². The summed E-state index contributed by atoms with van der Waals surface area (Å²) in [5.74, 6) is 0. The molecule has 0 aromatic carbocycles. The highest BCUT2D eigenvalue weighted by Gasteiger charge is 2.05. The zero-order valence-electron chi connectivity index (χ0n) is 12.5. The second-order valence-electron chi connectivity index (χ2n) is 4.74. The molecule has 0 atom stereocenters. The monoisotopic (exact) mass is 297 g/mol. The van der Waals surface area contributed by atoms with Crippen LogP contribution in [0.1, 0.15) is 37.2 Å². The van der Waals surface area contributed by atoms with Gasteiger partial charge in [0.25, 0.3) is 0 Å². The molecule has 0 aliphatic heterocycles. The van der Waals surface area contributed by atoms with Gasteiger partial charge in [0.1, 0.15) is 0 Å². The van der Waals surface area contributed by atoms with Gasteiger partial charge in [0.15, 0.2) is 0 Å². The lowest BCUT2D eigenvalue weighted by molar-refractivity contribution is 0.580. The van der Waals surface area contributed by atoms with Crippen LogP contribution in [0.25, 0.3) is 0 Å². The number of nitrogens with one attached hydrogen (secondary N) is 1. The summed E-state index contributed by atoms with van der Waals surface area (Å²) in [7, 11) is 0. The van der Waals surface area contributed by atoms with Crippen LogP contribution in [0.4, 0.5) is 0 Å². The largest absolute Gasteiger partial charge is 0.307 e. The molecule has 0 spiro atoms. The maximum atomic E-state index is 4.51. The van der Waals surface area contributed by atoms with E-state index in [1.807, 2.05) is 15.6 Å². The minimum absolute atomic E-state index is 0. The zero-order valence-corrected chi connectivity index (χ0v) is 13.3. The van der Waals surface area contributed by atoms with Crippen LogP contribution in [0.15, 0.2) is 18.5 Å². The maximum Gasteiger partial charge on any atom is 0.0638 e. The standard InChI is InChI=1S/C14H23N5.ClH/c1-4-8-18-11-13(12(3)17-18)9-15-10-14-6-7-16-19(14)5-2;/h6-7,11,15H,4-5,8-10H2,1-3H3;1H. The third kappa shape index (κ3) is 4.08. The van der Waals surface area contributed by atoms with E-state index in [2.05, 4.69) is 48.5 Å². The van der Waals surface area contributed by atoms with Gasteiger partial charge in [-0.05, 0) is 26.3 Å². The first-order chi connectivity index (χ1) is 9.24. The molecule has 2 aromatic rings. The van der Waals surface area contributed by atoms with E-state index in [4.69, 9.17) is 0 Å². The molecule has 1 N–H and O–H groups in total. The van der Waals surface area contributed by atoms with Crippen molar-refractivity contribution < 1.29 is 0 Å². The van der Waals surface area contributed by atoms with E-state index in [0.29, 0.717) is 0 Å². The van der Waals surface area contributed by atoms with Gasteiger partial charge in [-0.3, -0.25) is 9.36 Å². The highest BCUT2D eigenvalue weighted by atomic mass is 35.5. The summed E-state index contributed by atoms with van der Waals surface area (Å²) in [5.41, 5.74) is 3.61. The number of rotatable bonds is 7. The predicted octanol–water partition coefficient (Wildman–Crippen LogP) is 2.53. The fourth-order valence-corrected chi connectivity index (χ4v) is 2.20. The van der Waals surface area contributed by atoms with Crippen molar-refractivity contribution in [3.63, 3.8) is 0 Å². The molecular weight excluding hydrogens is 274 g/mol. The molecule has 0 unspecified atom stereocenters. The highest BCUT2D eigenvalue weighted by molar-refractivity contribution is 5.85. The Hall–Kier alpha value is -1.33. The normalized spacial score (nSPS) is 10.6. The Kier molecular flexibility index (Phi) is 6.75. The van der Waals surface area contributed by atoms with Gasteiger partial charge in [-0.2, -0.15) is 10.2 Å². The first-order valence-corrected chi connectivity index (χ1v) is 6.99. The summed E-state index contributed by atoms with van der Waals surface area (Å²) in [5, 5.41) is 12.2. The average Bonchev–Trinajstić information content (AvgIpc) is 2.97. The van der Waals surface area contributed by atoms with Crippen molar-refractivity contribution in [2.45, 2.75) is 53.4 Å². The molecule has 2 rings (SSSR count). The second kappa shape index (κ2) is 8.07. The smallest absolute Gasteiger partial charge is 0.0638 e. The van der Waals surface area contributed by atoms with Gasteiger partial charge in [-0.15, -0.1) is 12.4 Å². The number of aryl methyl sites for hydroxylation is 3. The molecule has 0 radical (unpaired) electrons. The quantitative estimate of drug-likeness (QED) is 0.854. The van der Waals surface area contributed by atoms with Crippen molar-refractivity contribution in [2.75, 3.05) is 0 Å². The van der Waals surface area contributed by atoms with Crippen LogP contribution in [0.2, 0.25) is 0 Å². The van der Waals surface area contributed by atoms with E-state index in [1.165, 1.54) is 11.3 Å². The summed E-state index contributed by atoms with van der Waals surface area (Å²) < 4.78 is 4.04. The van der Waals surface area contributed by atoms with Crippen molar-refractivity contribution in [3.8, 4) is 0 Å². The van der Waals surface area contributed by atoms with Crippen LogP contribution >= 0.6 is 12.4 Å². The van der Waals surface area contributed by atoms with E-state index in [0.717, 1.165) is 38.3 Å². The van der Waals surface area contributed by atoms with Crippen LogP contribution in [0, 0.1) is 6.92 Å². The van der Waals surface area contributed by atoms with Gasteiger partial charge in [0.2, 0.25) is 0 Å². The fraction of sp³-hybridized carbons (Fsp3) is 0.571. The third-order valence-corrected chi connectivity index (χ3v) is 3.23. The van der Waals surface area contributed by atoms with Crippen molar-refractivity contribution in [1.29, 1.82) is 0 Å². The molecule has 0 saturated heterocycles. The van der Waals surface area contributed by atoms with Crippen molar-refractivity contribution in [1.82, 2.24) is 24.9 Å². The van der Waals surface area contributed by atoms with Gasteiger partial charge < -0.3 is 5.32 Å². The van der Waals surface area contributed by atoms with Gasteiger partial charge >= 0.3 is 0 Å². The number of hydrogen-bond donors (Lipinski definition) is 1. The van der Waals surface area contributed by atoms with E-state index in [1.54, 1.807) is 0 Å². The fourth-order valence-electron chi connectivity index (χ4n) is 2.20. The molecule has 5 nitrogen and oxygen atoms in total. The Labute approximate surface area is 126 Å². The summed E-state index contributed by atoms with van der Waals surface area (Å²) >= 11 is 0. The van der Waals surface area contributed by atoms with Crippen LogP contribution in [0.5, 0.6) is 0 Å². The van der Waals surface area contributed by atoms with Crippen LogP contribution in [0.3, 0.4) is 0 Å².